The van der Waals surface area contributed by atoms with Crippen LogP contribution in [-0.4, -0.2) is 25.4 Å². The normalized spacial score (nSPS) is 5.45. The SMILES string of the molecule is O=[N+]([O-])[O-].O=[N+]([O-])[O-].O=[N+]([O-])[O-].O=[N+]([O-])[O-].O=[N+]([O-])[O-].[Cr+3].[Ni+2]. The Morgan fingerprint density at radius 3 is 0.364 bits per heavy atom. The third kappa shape index (κ3) is 494. The van der Waals surface area contributed by atoms with E-state index < -0.39 is 25.4 Å². The van der Waals surface area contributed by atoms with Crippen molar-refractivity contribution in [2.45, 2.75) is 0 Å². The van der Waals surface area contributed by atoms with Crippen LogP contribution in [0.1, 0.15) is 0 Å². The van der Waals surface area contributed by atoms with E-state index in [1.54, 1.807) is 0 Å². The first-order valence-corrected chi connectivity index (χ1v) is 2.74. The number of hydrogen-bond acceptors (Lipinski definition) is 15. The maximum Gasteiger partial charge on any atom is 3.00 e. The van der Waals surface area contributed by atoms with Crippen molar-refractivity contribution >= 4 is 0 Å². The molecule has 0 aromatic carbocycles. The van der Waals surface area contributed by atoms with E-state index in [0.29, 0.717) is 0 Å². The molecule has 1 radical (unpaired) electrons. The first-order valence-electron chi connectivity index (χ1n) is 2.74. The Hall–Kier alpha value is -2.97. The first-order chi connectivity index (χ1) is 8.66. The molecule has 0 saturated heterocycles. The molecule has 0 rings (SSSR count). The van der Waals surface area contributed by atoms with Gasteiger partial charge in [0.1, 0.15) is 0 Å². The van der Waals surface area contributed by atoms with Gasteiger partial charge in [0.2, 0.25) is 0 Å². The number of rotatable bonds is 0. The Bertz CT molecular complexity index is 213. The van der Waals surface area contributed by atoms with Crippen LogP contribution in [0, 0.1) is 76.6 Å². The molecule has 0 aromatic heterocycles. The number of hydrogen-bond donors (Lipinski definition) is 0. The average Bonchev–Trinajstić information content (AvgIpc) is 1.94. The third-order valence-electron chi connectivity index (χ3n) is 0. The molecule has 22 heteroatoms. The Kier molecular flexibility index (Phi) is 70.2. The Morgan fingerprint density at radius 1 is 0.364 bits per heavy atom. The molecule has 0 unspecified atom stereocenters. The quantitative estimate of drug-likeness (QED) is 0.252. The summed E-state index contributed by atoms with van der Waals surface area (Å²) in [5.74, 6) is 0. The molecule has 0 atom stereocenters. The molecule has 0 aliphatic carbocycles. The van der Waals surface area contributed by atoms with Gasteiger partial charge in [-0.25, -0.2) is 0 Å². The van der Waals surface area contributed by atoms with Crippen LogP contribution in [0.5, 0.6) is 0 Å². The van der Waals surface area contributed by atoms with Crippen molar-refractivity contribution < 1.29 is 59.3 Å². The van der Waals surface area contributed by atoms with Crippen molar-refractivity contribution in [2.24, 2.45) is 0 Å². The van der Waals surface area contributed by atoms with E-state index in [9.17, 15) is 0 Å². The molecular weight excluding hydrogens is 421 g/mol. The van der Waals surface area contributed by atoms with Crippen molar-refractivity contribution in [3.8, 4) is 0 Å². The molecular formula is CrN5NiO15. The second kappa shape index (κ2) is 36.1. The summed E-state index contributed by atoms with van der Waals surface area (Å²) < 4.78 is 0. The molecule has 0 spiro atoms. The van der Waals surface area contributed by atoms with Gasteiger partial charge in [-0.15, -0.1) is 0 Å². The Balaban J connectivity index is -0.0000000250. The maximum atomic E-state index is 8.25. The van der Waals surface area contributed by atoms with Crippen molar-refractivity contribution in [2.75, 3.05) is 0 Å². The molecule has 0 bridgehead atoms. The first kappa shape index (κ1) is 42.7. The molecule has 0 aliphatic rings. The molecule has 22 heavy (non-hydrogen) atoms. The van der Waals surface area contributed by atoms with E-state index in [1.807, 2.05) is 0 Å². The van der Waals surface area contributed by atoms with Crippen molar-refractivity contribution in [1.82, 2.24) is 0 Å². The van der Waals surface area contributed by atoms with Gasteiger partial charge >= 0.3 is 33.9 Å². The topological polar surface area (TPSA) is 331 Å². The smallest absolute Gasteiger partial charge is 0.356 e. The molecule has 0 aromatic rings. The van der Waals surface area contributed by atoms with E-state index in [4.69, 9.17) is 76.6 Å². The van der Waals surface area contributed by atoms with Crippen LogP contribution >= 0.6 is 0 Å². The summed E-state index contributed by atoms with van der Waals surface area (Å²) in [5, 5.41) is 73.8. The molecule has 0 heterocycles. The van der Waals surface area contributed by atoms with Crippen LogP contribution < -0.4 is 0 Å². The predicted molar refractivity (Wildman–Crippen MR) is 51.8 cm³/mol. The van der Waals surface area contributed by atoms with Crippen LogP contribution in [-0.2, 0) is 33.9 Å². The zero-order valence-corrected chi connectivity index (χ0v) is 11.3. The summed E-state index contributed by atoms with van der Waals surface area (Å²) in [6, 6.07) is 0. The van der Waals surface area contributed by atoms with Crippen LogP contribution in [0.15, 0.2) is 0 Å². The summed E-state index contributed by atoms with van der Waals surface area (Å²) >= 11 is 0. The molecule has 0 amide bonds. The summed E-state index contributed by atoms with van der Waals surface area (Å²) in [6.45, 7) is 0. The van der Waals surface area contributed by atoms with Gasteiger partial charge in [0.05, 0.1) is 25.4 Å². The molecule has 0 aliphatic heterocycles. The summed E-state index contributed by atoms with van der Waals surface area (Å²) in [4.78, 5) is 41.2. The van der Waals surface area contributed by atoms with Crippen molar-refractivity contribution in [3.05, 3.63) is 76.6 Å². The van der Waals surface area contributed by atoms with Gasteiger partial charge in [-0.2, -0.15) is 0 Å². The maximum absolute atomic E-state index is 8.25. The molecule has 0 saturated carbocycles. The zero-order valence-electron chi connectivity index (χ0n) is 9.08. The fourth-order valence-corrected chi connectivity index (χ4v) is 0. The second-order valence-corrected chi connectivity index (χ2v) is 1.12. The largest absolute Gasteiger partial charge is 3.00 e. The van der Waals surface area contributed by atoms with Crippen molar-refractivity contribution in [1.29, 1.82) is 0 Å². The molecule has 20 nitrogen and oxygen atoms in total. The van der Waals surface area contributed by atoms with E-state index in [0.717, 1.165) is 0 Å². The molecule has 131 valence electrons. The van der Waals surface area contributed by atoms with Gasteiger partial charge in [0.25, 0.3) is 0 Å². The standard InChI is InChI=1S/Cr.5NO3.Ni/c;5*2-1(3)4;/q+3;5*-1;+2. The van der Waals surface area contributed by atoms with E-state index in [-0.39, 0.29) is 33.9 Å². The van der Waals surface area contributed by atoms with Gasteiger partial charge in [-0.05, 0) is 0 Å². The minimum Gasteiger partial charge on any atom is -0.356 e. The van der Waals surface area contributed by atoms with Gasteiger partial charge in [0.15, 0.2) is 0 Å². The Labute approximate surface area is 136 Å². The second-order valence-electron chi connectivity index (χ2n) is 1.12. The van der Waals surface area contributed by atoms with Gasteiger partial charge < -0.3 is 76.6 Å². The third-order valence-corrected chi connectivity index (χ3v) is 0. The minimum atomic E-state index is -1.75. The van der Waals surface area contributed by atoms with Crippen LogP contribution in [0.3, 0.4) is 0 Å². The van der Waals surface area contributed by atoms with Crippen molar-refractivity contribution in [3.63, 3.8) is 0 Å². The summed E-state index contributed by atoms with van der Waals surface area (Å²) in [5.41, 5.74) is 0. The van der Waals surface area contributed by atoms with E-state index in [2.05, 4.69) is 0 Å². The van der Waals surface area contributed by atoms with Crippen LogP contribution in [0.25, 0.3) is 0 Å². The summed E-state index contributed by atoms with van der Waals surface area (Å²) in [6.07, 6.45) is 0. The minimum absolute atomic E-state index is 0. The van der Waals surface area contributed by atoms with E-state index >= 15 is 0 Å². The fraction of sp³-hybridized carbons (Fsp3) is 0. The molecule has 0 fully saturated rings. The Morgan fingerprint density at radius 2 is 0.364 bits per heavy atom. The molecule has 0 N–H and O–H groups in total. The van der Waals surface area contributed by atoms with Gasteiger partial charge in [-0.3, -0.25) is 0 Å². The predicted octanol–water partition coefficient (Wildman–Crippen LogP) is -1.20. The van der Waals surface area contributed by atoms with Crippen LogP contribution in [0.4, 0.5) is 0 Å². The van der Waals surface area contributed by atoms with Crippen LogP contribution in [0.2, 0.25) is 0 Å². The summed E-state index contributed by atoms with van der Waals surface area (Å²) in [7, 11) is 0. The average molecular weight is 421 g/mol. The van der Waals surface area contributed by atoms with Gasteiger partial charge in [-0.1, -0.05) is 0 Å². The van der Waals surface area contributed by atoms with E-state index in [1.165, 1.54) is 0 Å². The monoisotopic (exact) mass is 420 g/mol. The van der Waals surface area contributed by atoms with Gasteiger partial charge in [0, 0.05) is 0 Å². The fourth-order valence-electron chi connectivity index (χ4n) is 0. The zero-order chi connectivity index (χ0) is 17.9. The number of nitrogens with zero attached hydrogens (tertiary/aromatic N) is 5.